The molecule has 2 aliphatic rings. The minimum atomic E-state index is -0.474. The molecular formula is C26H32N4O5. The van der Waals surface area contributed by atoms with Gasteiger partial charge in [0.15, 0.2) is 0 Å². The van der Waals surface area contributed by atoms with E-state index in [4.69, 9.17) is 9.47 Å². The maximum Gasteiger partial charge on any atom is 0.339 e. The van der Waals surface area contributed by atoms with Crippen LogP contribution in [-0.2, 0) is 14.3 Å². The van der Waals surface area contributed by atoms with E-state index < -0.39 is 11.9 Å². The molecule has 4 heterocycles. The lowest BCUT2D eigenvalue weighted by molar-refractivity contribution is -0.120. The Morgan fingerprint density at radius 1 is 1.23 bits per heavy atom. The number of fused-ring (bicyclic) bond motifs is 1. The lowest BCUT2D eigenvalue weighted by atomic mass is 9.95. The van der Waals surface area contributed by atoms with Crippen LogP contribution < -0.4 is 5.32 Å². The van der Waals surface area contributed by atoms with Gasteiger partial charge in [0, 0.05) is 54.4 Å². The molecule has 0 aliphatic carbocycles. The molecule has 1 saturated heterocycles. The van der Waals surface area contributed by atoms with Crippen molar-refractivity contribution >= 4 is 29.0 Å². The van der Waals surface area contributed by atoms with Gasteiger partial charge in [-0.3, -0.25) is 14.5 Å². The molecule has 2 aromatic heterocycles. The van der Waals surface area contributed by atoms with Gasteiger partial charge in [-0.2, -0.15) is 0 Å². The summed E-state index contributed by atoms with van der Waals surface area (Å²) in [6.07, 6.45) is 3.63. The predicted molar refractivity (Wildman–Crippen MR) is 132 cm³/mol. The summed E-state index contributed by atoms with van der Waals surface area (Å²) in [6, 6.07) is 3.49. The Morgan fingerprint density at radius 3 is 2.60 bits per heavy atom. The standard InChI is InChI=1S/C26H32N4O5/c1-15-10-16(2)28-25(32)22(15)13-27-24(31)21-12-20-11-19(26(33)34-5)14-30(20)23(17(21)3)18(4)29-6-8-35-9-7-29/h10-12,14,18,22H,6-9,13H2,1-5H3,(H,27,31). The summed E-state index contributed by atoms with van der Waals surface area (Å²) in [5.41, 5.74) is 4.94. The van der Waals surface area contributed by atoms with Crippen LogP contribution in [0.15, 0.2) is 35.0 Å². The van der Waals surface area contributed by atoms with Crippen molar-refractivity contribution in [1.29, 1.82) is 0 Å². The van der Waals surface area contributed by atoms with Gasteiger partial charge in [-0.1, -0.05) is 5.57 Å². The molecule has 2 aromatic rings. The highest BCUT2D eigenvalue weighted by molar-refractivity contribution is 6.06. The highest BCUT2D eigenvalue weighted by Crippen LogP contribution is 2.30. The maximum atomic E-state index is 13.4. The van der Waals surface area contributed by atoms with Crippen molar-refractivity contribution in [1.82, 2.24) is 14.6 Å². The lowest BCUT2D eigenvalue weighted by Crippen LogP contribution is -2.39. The van der Waals surface area contributed by atoms with E-state index in [1.54, 1.807) is 25.3 Å². The molecule has 2 atom stereocenters. The van der Waals surface area contributed by atoms with Gasteiger partial charge < -0.3 is 19.2 Å². The summed E-state index contributed by atoms with van der Waals surface area (Å²) in [5.74, 6) is -1.42. The quantitative estimate of drug-likeness (QED) is 0.638. The molecule has 9 heteroatoms. The Hall–Kier alpha value is -3.30. The highest BCUT2D eigenvalue weighted by atomic mass is 16.5. The van der Waals surface area contributed by atoms with Gasteiger partial charge in [0.1, 0.15) is 0 Å². The molecule has 35 heavy (non-hydrogen) atoms. The number of amides is 2. The fraction of sp³-hybridized carbons (Fsp3) is 0.462. The van der Waals surface area contributed by atoms with Crippen LogP contribution in [0.5, 0.6) is 0 Å². The molecule has 2 aliphatic heterocycles. The van der Waals surface area contributed by atoms with Crippen molar-refractivity contribution in [2.45, 2.75) is 33.7 Å². The van der Waals surface area contributed by atoms with Crippen LogP contribution in [0, 0.1) is 12.8 Å². The summed E-state index contributed by atoms with van der Waals surface area (Å²) in [6.45, 7) is 10.7. The number of nitrogens with one attached hydrogen (secondary N) is 1. The lowest BCUT2D eigenvalue weighted by Gasteiger charge is -2.34. The van der Waals surface area contributed by atoms with Crippen LogP contribution in [0.2, 0.25) is 0 Å². The number of pyridine rings is 1. The monoisotopic (exact) mass is 480 g/mol. The zero-order valence-corrected chi connectivity index (χ0v) is 20.9. The molecule has 9 nitrogen and oxygen atoms in total. The smallest absolute Gasteiger partial charge is 0.339 e. The molecule has 0 radical (unpaired) electrons. The number of methoxy groups -OCH3 is 1. The fourth-order valence-electron chi connectivity index (χ4n) is 4.94. The molecule has 0 spiro atoms. The van der Waals surface area contributed by atoms with Gasteiger partial charge in [-0.05, 0) is 51.5 Å². The van der Waals surface area contributed by atoms with Gasteiger partial charge in [-0.25, -0.2) is 9.79 Å². The Morgan fingerprint density at radius 2 is 1.94 bits per heavy atom. The summed E-state index contributed by atoms with van der Waals surface area (Å²) >= 11 is 0. The van der Waals surface area contributed by atoms with Gasteiger partial charge >= 0.3 is 5.97 Å². The zero-order valence-electron chi connectivity index (χ0n) is 20.9. The zero-order chi connectivity index (χ0) is 25.3. The van der Waals surface area contributed by atoms with Crippen LogP contribution in [0.3, 0.4) is 0 Å². The third-order valence-corrected chi connectivity index (χ3v) is 6.88. The first-order valence-corrected chi connectivity index (χ1v) is 11.8. The Kier molecular flexibility index (Phi) is 7.18. The number of esters is 1. The SMILES string of the molecule is COC(=O)c1cc2cc(C(=O)NCC3C(=O)N=C(C)C=C3C)c(C)c(C(C)N3CCOCC3)n2c1. The fourth-order valence-corrected chi connectivity index (χ4v) is 4.94. The number of dihydropyridines is 1. The van der Waals surface area contributed by atoms with E-state index >= 15 is 0 Å². The number of hydrogen-bond donors (Lipinski definition) is 1. The Labute approximate surface area is 204 Å². The van der Waals surface area contributed by atoms with Crippen LogP contribution in [0.25, 0.3) is 5.52 Å². The van der Waals surface area contributed by atoms with Gasteiger partial charge in [0.25, 0.3) is 11.8 Å². The topological polar surface area (TPSA) is 102 Å². The third kappa shape index (κ3) is 4.92. The second-order valence-electron chi connectivity index (χ2n) is 9.15. The highest BCUT2D eigenvalue weighted by Gasteiger charge is 2.28. The van der Waals surface area contributed by atoms with E-state index in [-0.39, 0.29) is 24.4 Å². The van der Waals surface area contributed by atoms with Crippen LogP contribution in [0.1, 0.15) is 58.8 Å². The maximum absolute atomic E-state index is 13.4. The van der Waals surface area contributed by atoms with E-state index in [2.05, 4.69) is 22.1 Å². The van der Waals surface area contributed by atoms with Crippen LogP contribution >= 0.6 is 0 Å². The molecule has 1 fully saturated rings. The number of nitrogens with zero attached hydrogens (tertiary/aromatic N) is 3. The largest absolute Gasteiger partial charge is 0.465 e. The molecule has 2 unspecified atom stereocenters. The second-order valence-corrected chi connectivity index (χ2v) is 9.15. The van der Waals surface area contributed by atoms with Crippen molar-refractivity contribution in [3.63, 3.8) is 0 Å². The first-order valence-electron chi connectivity index (χ1n) is 11.8. The number of aromatic nitrogens is 1. The van der Waals surface area contributed by atoms with Gasteiger partial charge in [0.05, 0.1) is 31.8 Å². The Balaban J connectivity index is 1.70. The molecule has 4 rings (SSSR count). The van der Waals surface area contributed by atoms with E-state index in [0.29, 0.717) is 30.1 Å². The Bertz CT molecular complexity index is 1240. The molecule has 0 saturated carbocycles. The molecule has 1 N–H and O–H groups in total. The first-order chi connectivity index (χ1) is 16.7. The van der Waals surface area contributed by atoms with Crippen molar-refractivity contribution in [3.8, 4) is 0 Å². The average molecular weight is 481 g/mol. The number of allylic oxidation sites excluding steroid dienone is 1. The number of carbonyl (C=O) groups is 3. The summed E-state index contributed by atoms with van der Waals surface area (Å²) in [4.78, 5) is 44.3. The number of hydrogen-bond acceptors (Lipinski definition) is 6. The van der Waals surface area contributed by atoms with E-state index in [9.17, 15) is 14.4 Å². The average Bonchev–Trinajstić information content (AvgIpc) is 3.26. The number of carbonyl (C=O) groups excluding carboxylic acids is 3. The van der Waals surface area contributed by atoms with Crippen molar-refractivity contribution in [3.05, 3.63) is 52.4 Å². The van der Waals surface area contributed by atoms with Crippen molar-refractivity contribution in [2.24, 2.45) is 10.9 Å². The molecular weight excluding hydrogens is 448 g/mol. The van der Waals surface area contributed by atoms with E-state index in [0.717, 1.165) is 35.4 Å². The second kappa shape index (κ2) is 10.1. The van der Waals surface area contributed by atoms with Crippen molar-refractivity contribution in [2.75, 3.05) is 40.0 Å². The predicted octanol–water partition coefficient (Wildman–Crippen LogP) is 2.72. The van der Waals surface area contributed by atoms with E-state index in [1.165, 1.54) is 7.11 Å². The summed E-state index contributed by atoms with van der Waals surface area (Å²) < 4.78 is 12.4. The molecule has 186 valence electrons. The molecule has 0 bridgehead atoms. The van der Waals surface area contributed by atoms with Gasteiger partial charge in [0.2, 0.25) is 0 Å². The van der Waals surface area contributed by atoms with Crippen LogP contribution in [0.4, 0.5) is 0 Å². The van der Waals surface area contributed by atoms with Crippen molar-refractivity contribution < 1.29 is 23.9 Å². The van der Waals surface area contributed by atoms with E-state index in [1.807, 2.05) is 24.3 Å². The summed E-state index contributed by atoms with van der Waals surface area (Å²) in [5, 5.41) is 2.93. The normalized spacial score (nSPS) is 19.8. The third-order valence-electron chi connectivity index (χ3n) is 6.88. The minimum absolute atomic E-state index is 0.0190. The van der Waals surface area contributed by atoms with Crippen LogP contribution in [-0.4, -0.2) is 72.8 Å². The van der Waals surface area contributed by atoms with Gasteiger partial charge in [-0.15, -0.1) is 0 Å². The first kappa shape index (κ1) is 24.8. The summed E-state index contributed by atoms with van der Waals surface area (Å²) in [7, 11) is 1.35. The molecule has 2 amide bonds. The number of aliphatic imine (C=N–C) groups is 1. The number of ether oxygens (including phenoxy) is 2. The minimum Gasteiger partial charge on any atom is -0.465 e. The molecule has 0 aromatic carbocycles. The number of morpholine rings is 1. The number of rotatable bonds is 6.